The Balaban J connectivity index is 2.09. The zero-order valence-electron chi connectivity index (χ0n) is 13.5. The molecule has 2 N–H and O–H groups in total. The van der Waals surface area contributed by atoms with Crippen LogP contribution >= 0.6 is 0 Å². The molecule has 112 valence electrons. The molecular weight excluding hydrogens is 232 g/mol. The van der Waals surface area contributed by atoms with Crippen LogP contribution in [0.15, 0.2) is 0 Å². The summed E-state index contributed by atoms with van der Waals surface area (Å²) in [5.41, 5.74) is 7.04. The van der Waals surface area contributed by atoms with Crippen LogP contribution < -0.4 is 5.73 Å². The molecule has 2 nitrogen and oxygen atoms in total. The molecule has 2 rings (SSSR count). The summed E-state index contributed by atoms with van der Waals surface area (Å²) in [5.74, 6) is 0.874. The summed E-state index contributed by atoms with van der Waals surface area (Å²) in [6.07, 6.45) is 9.56. The minimum absolute atomic E-state index is 0.315. The van der Waals surface area contributed by atoms with Crippen LogP contribution in [0.25, 0.3) is 0 Å². The van der Waals surface area contributed by atoms with E-state index in [1.165, 1.54) is 51.5 Å². The van der Waals surface area contributed by atoms with E-state index in [4.69, 9.17) is 5.73 Å². The predicted molar refractivity (Wildman–Crippen MR) is 83.2 cm³/mol. The minimum atomic E-state index is 0.315. The topological polar surface area (TPSA) is 29.3 Å². The summed E-state index contributed by atoms with van der Waals surface area (Å²) in [5, 5.41) is 0. The van der Waals surface area contributed by atoms with Gasteiger partial charge in [0.2, 0.25) is 0 Å². The first kappa shape index (κ1) is 15.3. The molecule has 0 aliphatic heterocycles. The molecule has 0 bridgehead atoms. The van der Waals surface area contributed by atoms with Gasteiger partial charge in [-0.2, -0.15) is 0 Å². The van der Waals surface area contributed by atoms with Gasteiger partial charge in [0.1, 0.15) is 0 Å². The fourth-order valence-corrected chi connectivity index (χ4v) is 4.23. The molecule has 0 spiro atoms. The molecule has 2 heteroatoms. The fourth-order valence-electron chi connectivity index (χ4n) is 4.23. The molecule has 0 saturated heterocycles. The summed E-state index contributed by atoms with van der Waals surface area (Å²) < 4.78 is 0. The van der Waals surface area contributed by atoms with Gasteiger partial charge in [-0.3, -0.25) is 4.90 Å². The van der Waals surface area contributed by atoms with Gasteiger partial charge in [-0.15, -0.1) is 0 Å². The molecule has 0 radical (unpaired) electrons. The van der Waals surface area contributed by atoms with E-state index in [1.54, 1.807) is 0 Å². The average Bonchev–Trinajstić information content (AvgIpc) is 3.15. The average molecular weight is 266 g/mol. The second-order valence-electron chi connectivity index (χ2n) is 7.94. The summed E-state index contributed by atoms with van der Waals surface area (Å²) >= 11 is 0. The third-order valence-electron chi connectivity index (χ3n) is 5.70. The maximum atomic E-state index is 6.26. The fraction of sp³-hybridized carbons (Fsp3) is 1.00. The largest absolute Gasteiger partial charge is 0.329 e. The highest BCUT2D eigenvalue weighted by molar-refractivity contribution is 5.00. The number of nitrogens with zero attached hydrogens (tertiary/aromatic N) is 1. The molecular formula is C17H34N2. The van der Waals surface area contributed by atoms with Gasteiger partial charge in [0.25, 0.3) is 0 Å². The zero-order valence-corrected chi connectivity index (χ0v) is 13.5. The number of nitrogens with two attached hydrogens (primary N) is 1. The molecule has 2 unspecified atom stereocenters. The Morgan fingerprint density at radius 2 is 1.79 bits per heavy atom. The van der Waals surface area contributed by atoms with Crippen LogP contribution in [-0.4, -0.2) is 29.6 Å². The Morgan fingerprint density at radius 3 is 2.26 bits per heavy atom. The van der Waals surface area contributed by atoms with Crippen molar-refractivity contribution in [1.29, 1.82) is 0 Å². The SMILES string of the molecule is CCN(C1CC1)C1(CN)CCCC(C(C)(C)C)CC1. The van der Waals surface area contributed by atoms with Crippen molar-refractivity contribution >= 4 is 0 Å². The van der Waals surface area contributed by atoms with Gasteiger partial charge in [0.15, 0.2) is 0 Å². The van der Waals surface area contributed by atoms with Crippen LogP contribution in [0.5, 0.6) is 0 Å². The minimum Gasteiger partial charge on any atom is -0.329 e. The third-order valence-corrected chi connectivity index (χ3v) is 5.70. The van der Waals surface area contributed by atoms with E-state index in [2.05, 4.69) is 32.6 Å². The van der Waals surface area contributed by atoms with Crippen molar-refractivity contribution in [2.24, 2.45) is 17.1 Å². The number of likely N-dealkylation sites (N-methyl/N-ethyl adjacent to an activating group) is 1. The first-order chi connectivity index (χ1) is 8.93. The van der Waals surface area contributed by atoms with E-state index in [0.717, 1.165) is 18.5 Å². The lowest BCUT2D eigenvalue weighted by molar-refractivity contribution is 0.0717. The molecule has 2 saturated carbocycles. The van der Waals surface area contributed by atoms with Gasteiger partial charge < -0.3 is 5.73 Å². The first-order valence-electron chi connectivity index (χ1n) is 8.40. The molecule has 0 heterocycles. The highest BCUT2D eigenvalue weighted by Crippen LogP contribution is 2.44. The summed E-state index contributed by atoms with van der Waals surface area (Å²) in [6.45, 7) is 11.6. The number of hydrogen-bond donors (Lipinski definition) is 1. The highest BCUT2D eigenvalue weighted by atomic mass is 15.3. The van der Waals surface area contributed by atoms with E-state index < -0.39 is 0 Å². The van der Waals surface area contributed by atoms with Crippen LogP contribution in [0.2, 0.25) is 0 Å². The Morgan fingerprint density at radius 1 is 1.11 bits per heavy atom. The van der Waals surface area contributed by atoms with E-state index in [0.29, 0.717) is 11.0 Å². The summed E-state index contributed by atoms with van der Waals surface area (Å²) in [6, 6.07) is 0.847. The number of hydrogen-bond acceptors (Lipinski definition) is 2. The Bertz CT molecular complexity index is 290. The second-order valence-corrected chi connectivity index (χ2v) is 7.94. The van der Waals surface area contributed by atoms with Gasteiger partial charge in [0.05, 0.1) is 0 Å². The van der Waals surface area contributed by atoms with Crippen molar-refractivity contribution in [1.82, 2.24) is 4.90 Å². The monoisotopic (exact) mass is 266 g/mol. The zero-order chi connectivity index (χ0) is 14.1. The van der Waals surface area contributed by atoms with Gasteiger partial charge in [-0.25, -0.2) is 0 Å². The van der Waals surface area contributed by atoms with Crippen LogP contribution in [0.3, 0.4) is 0 Å². The Kier molecular flexibility index (Phi) is 4.62. The summed E-state index contributed by atoms with van der Waals surface area (Å²) in [4.78, 5) is 2.76. The molecule has 0 aromatic carbocycles. The maximum Gasteiger partial charge on any atom is 0.0334 e. The Hall–Kier alpha value is -0.0800. The third kappa shape index (κ3) is 3.33. The van der Waals surface area contributed by atoms with Crippen LogP contribution in [0, 0.1) is 11.3 Å². The second kappa shape index (κ2) is 5.73. The standard InChI is InChI=1S/C17H34N2/c1-5-19(15-8-9-15)17(13-18)11-6-7-14(10-12-17)16(2,3)4/h14-15H,5-13,18H2,1-4H3. The maximum absolute atomic E-state index is 6.26. The lowest BCUT2D eigenvalue weighted by Gasteiger charge is -2.43. The van der Waals surface area contributed by atoms with Crippen LogP contribution in [-0.2, 0) is 0 Å². The van der Waals surface area contributed by atoms with E-state index in [-0.39, 0.29) is 0 Å². The van der Waals surface area contributed by atoms with Gasteiger partial charge in [0, 0.05) is 18.1 Å². The van der Waals surface area contributed by atoms with E-state index in [1.807, 2.05) is 0 Å². The molecule has 0 amide bonds. The normalized spacial score (nSPS) is 33.5. The van der Waals surface area contributed by atoms with E-state index in [9.17, 15) is 0 Å². The summed E-state index contributed by atoms with van der Waals surface area (Å²) in [7, 11) is 0. The molecule has 2 fully saturated rings. The lowest BCUT2D eigenvalue weighted by atomic mass is 9.76. The Labute approximate surface area is 120 Å². The molecule has 2 aliphatic rings. The predicted octanol–water partition coefficient (Wildman–Crippen LogP) is 3.79. The molecule has 2 aliphatic carbocycles. The smallest absolute Gasteiger partial charge is 0.0334 e. The van der Waals surface area contributed by atoms with Crippen molar-refractivity contribution in [2.45, 2.75) is 84.2 Å². The highest BCUT2D eigenvalue weighted by Gasteiger charge is 2.44. The van der Waals surface area contributed by atoms with Gasteiger partial charge >= 0.3 is 0 Å². The van der Waals surface area contributed by atoms with Crippen molar-refractivity contribution in [3.05, 3.63) is 0 Å². The van der Waals surface area contributed by atoms with Crippen molar-refractivity contribution in [2.75, 3.05) is 13.1 Å². The molecule has 19 heavy (non-hydrogen) atoms. The molecule has 2 atom stereocenters. The van der Waals surface area contributed by atoms with Crippen molar-refractivity contribution in [3.63, 3.8) is 0 Å². The van der Waals surface area contributed by atoms with E-state index >= 15 is 0 Å². The number of rotatable bonds is 4. The van der Waals surface area contributed by atoms with Crippen molar-refractivity contribution < 1.29 is 0 Å². The quantitative estimate of drug-likeness (QED) is 0.784. The van der Waals surface area contributed by atoms with Gasteiger partial charge in [-0.05, 0) is 56.4 Å². The van der Waals surface area contributed by atoms with Crippen molar-refractivity contribution in [3.8, 4) is 0 Å². The van der Waals surface area contributed by atoms with Crippen LogP contribution in [0.1, 0.15) is 72.6 Å². The molecule has 0 aromatic rings. The lowest BCUT2D eigenvalue weighted by Crippen LogP contribution is -2.54. The van der Waals surface area contributed by atoms with Gasteiger partial charge in [-0.1, -0.05) is 34.1 Å². The van der Waals surface area contributed by atoms with Crippen LogP contribution in [0.4, 0.5) is 0 Å². The first-order valence-corrected chi connectivity index (χ1v) is 8.40. The molecule has 0 aromatic heterocycles.